The number of nitrogens with one attached hydrogen (secondary N) is 3. The molecular formula is C17H26FN4OS+. The monoisotopic (exact) mass is 353 g/mol. The van der Waals surface area contributed by atoms with E-state index < -0.39 is 0 Å². The van der Waals surface area contributed by atoms with Gasteiger partial charge in [0, 0.05) is 12.6 Å². The molecule has 3 N–H and O–H groups in total. The summed E-state index contributed by atoms with van der Waals surface area (Å²) in [5.74, 6) is -0.132. The number of benzene rings is 1. The van der Waals surface area contributed by atoms with Crippen molar-refractivity contribution in [2.24, 2.45) is 0 Å². The summed E-state index contributed by atoms with van der Waals surface area (Å²) in [4.78, 5) is 15.2. The Bertz CT molecular complexity index is 556. The summed E-state index contributed by atoms with van der Waals surface area (Å²) < 4.78 is 12.9. The Morgan fingerprint density at radius 3 is 2.50 bits per heavy atom. The average molecular weight is 353 g/mol. The minimum absolute atomic E-state index is 0.102. The Hall–Kier alpha value is -1.73. The summed E-state index contributed by atoms with van der Waals surface area (Å²) in [7, 11) is 0. The highest BCUT2D eigenvalue weighted by Gasteiger charge is 2.23. The molecule has 0 saturated carbocycles. The minimum Gasteiger partial charge on any atom is -0.358 e. The van der Waals surface area contributed by atoms with Crippen molar-refractivity contribution in [3.05, 3.63) is 35.6 Å². The second-order valence-electron chi connectivity index (χ2n) is 6.42. The third kappa shape index (κ3) is 6.05. The van der Waals surface area contributed by atoms with Crippen molar-refractivity contribution in [3.63, 3.8) is 0 Å². The van der Waals surface area contributed by atoms with Crippen LogP contribution in [0.3, 0.4) is 0 Å². The Morgan fingerprint density at radius 2 is 1.92 bits per heavy atom. The van der Waals surface area contributed by atoms with Crippen molar-refractivity contribution >= 4 is 23.2 Å². The molecule has 7 heteroatoms. The second-order valence-corrected chi connectivity index (χ2v) is 6.81. The molecule has 2 rings (SSSR count). The lowest BCUT2D eigenvalue weighted by Crippen LogP contribution is -3.16. The van der Waals surface area contributed by atoms with Gasteiger partial charge in [-0.25, -0.2) is 4.39 Å². The predicted molar refractivity (Wildman–Crippen MR) is 96.3 cm³/mol. The highest BCUT2D eigenvalue weighted by atomic mass is 32.1. The molecule has 0 aliphatic carbocycles. The largest absolute Gasteiger partial charge is 0.358 e. The van der Waals surface area contributed by atoms with Crippen LogP contribution < -0.4 is 15.5 Å². The minimum atomic E-state index is -0.234. The molecule has 1 aliphatic rings. The molecule has 1 aromatic carbocycles. The number of hydrogen-bond donors (Lipinski definition) is 3. The van der Waals surface area contributed by atoms with Crippen LogP contribution in [0, 0.1) is 5.82 Å². The first-order chi connectivity index (χ1) is 11.4. The maximum Gasteiger partial charge on any atom is 0.275 e. The number of rotatable bonds is 5. The normalized spacial score (nSPS) is 15.4. The van der Waals surface area contributed by atoms with Gasteiger partial charge in [-0.05, 0) is 43.8 Å². The molecule has 24 heavy (non-hydrogen) atoms. The Kier molecular flexibility index (Phi) is 6.93. The third-order valence-corrected chi connectivity index (χ3v) is 4.38. The van der Waals surface area contributed by atoms with Gasteiger partial charge < -0.3 is 20.4 Å². The van der Waals surface area contributed by atoms with Crippen LogP contribution in [0.4, 0.5) is 4.39 Å². The van der Waals surface area contributed by atoms with E-state index in [1.165, 1.54) is 17.0 Å². The molecule has 1 aromatic rings. The highest BCUT2D eigenvalue weighted by Crippen LogP contribution is 2.02. The van der Waals surface area contributed by atoms with Crippen molar-refractivity contribution in [2.45, 2.75) is 26.4 Å². The van der Waals surface area contributed by atoms with Crippen LogP contribution in [0.5, 0.6) is 0 Å². The van der Waals surface area contributed by atoms with Crippen LogP contribution in [-0.2, 0) is 11.3 Å². The van der Waals surface area contributed by atoms with Gasteiger partial charge in [0.1, 0.15) is 5.82 Å². The molecule has 1 heterocycles. The fourth-order valence-corrected chi connectivity index (χ4v) is 2.95. The zero-order valence-electron chi connectivity index (χ0n) is 14.3. The lowest BCUT2D eigenvalue weighted by atomic mass is 10.2. The smallest absolute Gasteiger partial charge is 0.275 e. The van der Waals surface area contributed by atoms with E-state index in [0.717, 1.165) is 31.7 Å². The standard InChI is InChI=1S/C17H25FN4OS/c1-13(2)20-16(23)12-21-7-9-22(10-8-21)17(24)19-11-14-3-5-15(18)6-4-14/h3-6,13H,7-12H2,1-2H3,(H,19,24)(H,20,23)/p+1. The molecule has 1 amide bonds. The quantitative estimate of drug-likeness (QED) is 0.649. The highest BCUT2D eigenvalue weighted by molar-refractivity contribution is 7.80. The molecule has 1 saturated heterocycles. The lowest BCUT2D eigenvalue weighted by molar-refractivity contribution is -0.895. The molecular weight excluding hydrogens is 327 g/mol. The van der Waals surface area contributed by atoms with Crippen LogP contribution in [0.1, 0.15) is 19.4 Å². The van der Waals surface area contributed by atoms with Crippen molar-refractivity contribution in [1.82, 2.24) is 15.5 Å². The van der Waals surface area contributed by atoms with Gasteiger partial charge in [-0.1, -0.05) is 12.1 Å². The van der Waals surface area contributed by atoms with Crippen LogP contribution in [0.25, 0.3) is 0 Å². The Labute approximate surface area is 148 Å². The maximum absolute atomic E-state index is 12.9. The first-order valence-corrected chi connectivity index (χ1v) is 8.75. The summed E-state index contributed by atoms with van der Waals surface area (Å²) >= 11 is 5.43. The molecule has 132 valence electrons. The number of hydrogen-bond acceptors (Lipinski definition) is 2. The molecule has 5 nitrogen and oxygen atoms in total. The van der Waals surface area contributed by atoms with E-state index in [2.05, 4.69) is 15.5 Å². The van der Waals surface area contributed by atoms with E-state index in [1.54, 1.807) is 12.1 Å². The van der Waals surface area contributed by atoms with E-state index in [4.69, 9.17) is 12.2 Å². The fourth-order valence-electron chi connectivity index (χ4n) is 2.69. The molecule has 0 aromatic heterocycles. The molecule has 0 atom stereocenters. The van der Waals surface area contributed by atoms with Crippen molar-refractivity contribution < 1.29 is 14.1 Å². The summed E-state index contributed by atoms with van der Waals surface area (Å²) in [6, 6.07) is 6.58. The SMILES string of the molecule is CC(C)NC(=O)C[NH+]1CCN(C(=S)NCc2ccc(F)cc2)CC1. The number of halogens is 1. The van der Waals surface area contributed by atoms with E-state index in [0.29, 0.717) is 18.2 Å². The van der Waals surface area contributed by atoms with Gasteiger partial charge >= 0.3 is 0 Å². The number of quaternary nitrogens is 1. The summed E-state index contributed by atoms with van der Waals surface area (Å²) in [6.07, 6.45) is 0. The van der Waals surface area contributed by atoms with E-state index in [1.807, 2.05) is 13.8 Å². The van der Waals surface area contributed by atoms with Gasteiger partial charge in [-0.15, -0.1) is 0 Å². The maximum atomic E-state index is 12.9. The van der Waals surface area contributed by atoms with Crippen LogP contribution in [-0.4, -0.2) is 54.7 Å². The molecule has 1 fully saturated rings. The van der Waals surface area contributed by atoms with Crippen LogP contribution >= 0.6 is 12.2 Å². The van der Waals surface area contributed by atoms with E-state index in [-0.39, 0.29) is 17.8 Å². The van der Waals surface area contributed by atoms with Gasteiger partial charge in [0.05, 0.1) is 26.2 Å². The van der Waals surface area contributed by atoms with E-state index in [9.17, 15) is 9.18 Å². The van der Waals surface area contributed by atoms with Crippen molar-refractivity contribution in [1.29, 1.82) is 0 Å². The molecule has 0 bridgehead atoms. The number of carbonyl (C=O) groups excluding carboxylic acids is 1. The van der Waals surface area contributed by atoms with E-state index >= 15 is 0 Å². The molecule has 1 aliphatic heterocycles. The summed E-state index contributed by atoms with van der Waals surface area (Å²) in [5.41, 5.74) is 0.994. The number of piperazine rings is 1. The number of thiocarbonyl (C=S) groups is 1. The van der Waals surface area contributed by atoms with Gasteiger partial charge in [0.25, 0.3) is 5.91 Å². The number of carbonyl (C=O) groups is 1. The zero-order chi connectivity index (χ0) is 17.5. The summed E-state index contributed by atoms with van der Waals surface area (Å²) in [5, 5.41) is 6.86. The molecule has 0 spiro atoms. The molecule has 0 unspecified atom stereocenters. The van der Waals surface area contributed by atoms with Gasteiger partial charge in [-0.3, -0.25) is 4.79 Å². The first-order valence-electron chi connectivity index (χ1n) is 8.34. The van der Waals surface area contributed by atoms with Gasteiger partial charge in [0.2, 0.25) is 0 Å². The van der Waals surface area contributed by atoms with Crippen molar-refractivity contribution in [2.75, 3.05) is 32.7 Å². The Morgan fingerprint density at radius 1 is 1.29 bits per heavy atom. The van der Waals surface area contributed by atoms with Crippen molar-refractivity contribution in [3.8, 4) is 0 Å². The number of nitrogens with zero attached hydrogens (tertiary/aromatic N) is 1. The van der Waals surface area contributed by atoms with Crippen LogP contribution in [0.2, 0.25) is 0 Å². The Balaban J connectivity index is 1.70. The van der Waals surface area contributed by atoms with Crippen LogP contribution in [0.15, 0.2) is 24.3 Å². The lowest BCUT2D eigenvalue weighted by Gasteiger charge is -2.33. The zero-order valence-corrected chi connectivity index (χ0v) is 15.1. The summed E-state index contributed by atoms with van der Waals surface area (Å²) in [6.45, 7) is 8.49. The third-order valence-electron chi connectivity index (χ3n) is 3.97. The topological polar surface area (TPSA) is 48.8 Å². The average Bonchev–Trinajstić information content (AvgIpc) is 2.54. The predicted octanol–water partition coefficient (Wildman–Crippen LogP) is -0.0747. The molecule has 0 radical (unpaired) electrons. The van der Waals surface area contributed by atoms with Gasteiger partial charge in [0.15, 0.2) is 11.7 Å². The number of amides is 1. The second kappa shape index (κ2) is 8.94. The van der Waals surface area contributed by atoms with Gasteiger partial charge in [-0.2, -0.15) is 0 Å². The fraction of sp³-hybridized carbons (Fsp3) is 0.529. The first kappa shape index (κ1) is 18.6.